The largest absolute Gasteiger partial charge is 0.272 e. The van der Waals surface area contributed by atoms with Crippen molar-refractivity contribution in [3.63, 3.8) is 0 Å². The minimum absolute atomic E-state index is 0.933. The topological polar surface area (TPSA) is 38.9 Å². The van der Waals surface area contributed by atoms with E-state index in [0.29, 0.717) is 0 Å². The average Bonchev–Trinajstić information content (AvgIpc) is 2.14. The van der Waals surface area contributed by atoms with Crippen LogP contribution in [0.4, 0.5) is 0 Å². The Hall–Kier alpha value is -0.0600. The molecule has 0 aliphatic carbocycles. The molecule has 1 aromatic rings. The molecule has 1 rings (SSSR count). The third kappa shape index (κ3) is 1.21. The second-order valence-corrected chi connectivity index (χ2v) is 3.11. The highest BCUT2D eigenvalue weighted by Crippen LogP contribution is 2.16. The average molecular weight is 146 g/mol. The van der Waals surface area contributed by atoms with Gasteiger partial charge in [-0.15, -0.1) is 11.3 Å². The lowest BCUT2D eigenvalue weighted by Gasteiger charge is -1.78. The summed E-state index contributed by atoms with van der Waals surface area (Å²) in [6, 6.07) is 0. The Labute approximate surface area is 56.3 Å². The smallest absolute Gasteiger partial charge is 0.164 e. The van der Waals surface area contributed by atoms with Gasteiger partial charge in [0.15, 0.2) is 4.34 Å². The lowest BCUT2D eigenvalue weighted by atomic mass is 10.6. The number of hydrogen-bond acceptors (Lipinski definition) is 4. The molecule has 1 heterocycles. The maximum absolute atomic E-state index is 5.23. The van der Waals surface area contributed by atoms with Crippen molar-refractivity contribution in [1.29, 1.82) is 0 Å². The van der Waals surface area contributed by atoms with Crippen molar-refractivity contribution in [2.45, 2.75) is 11.3 Å². The van der Waals surface area contributed by atoms with Gasteiger partial charge in [0.05, 0.1) is 0 Å². The molecule has 0 radical (unpaired) electrons. The molecule has 0 fully saturated rings. The molecule has 0 saturated heterocycles. The zero-order valence-corrected chi connectivity index (χ0v) is 6.05. The van der Waals surface area contributed by atoms with Crippen LogP contribution in [0.2, 0.25) is 0 Å². The summed E-state index contributed by atoms with van der Waals surface area (Å²) in [4.78, 5) is 4.09. The van der Waals surface area contributed by atoms with E-state index in [1.807, 2.05) is 12.3 Å². The molecule has 2 N–H and O–H groups in total. The van der Waals surface area contributed by atoms with Crippen LogP contribution in [0.1, 0.15) is 5.69 Å². The van der Waals surface area contributed by atoms with E-state index in [-0.39, 0.29) is 0 Å². The molecule has 44 valence electrons. The minimum atomic E-state index is 0.933. The molecule has 0 bridgehead atoms. The van der Waals surface area contributed by atoms with Crippen molar-refractivity contribution in [3.8, 4) is 0 Å². The van der Waals surface area contributed by atoms with E-state index in [9.17, 15) is 0 Å². The molecule has 0 unspecified atom stereocenters. The molecule has 0 atom stereocenters. The van der Waals surface area contributed by atoms with Crippen LogP contribution in [-0.4, -0.2) is 4.98 Å². The molecule has 1 aromatic heterocycles. The zero-order chi connectivity index (χ0) is 5.98. The maximum atomic E-state index is 5.23. The molecule has 0 spiro atoms. The summed E-state index contributed by atoms with van der Waals surface area (Å²) in [5.74, 6) is 0. The van der Waals surface area contributed by atoms with Gasteiger partial charge in [-0.2, -0.15) is 0 Å². The normalized spacial score (nSPS) is 9.75. The van der Waals surface area contributed by atoms with Crippen LogP contribution >= 0.6 is 23.3 Å². The van der Waals surface area contributed by atoms with Crippen LogP contribution in [0.5, 0.6) is 0 Å². The highest BCUT2D eigenvalue weighted by Gasteiger charge is 1.92. The SMILES string of the molecule is Cc1csc(SN)n1. The first-order valence-corrected chi connectivity index (χ1v) is 3.87. The molecule has 0 aromatic carbocycles. The number of thiazole rings is 1. The fourth-order valence-corrected chi connectivity index (χ4v) is 1.47. The number of aromatic nitrogens is 1. The van der Waals surface area contributed by atoms with Gasteiger partial charge in [0.25, 0.3) is 0 Å². The first kappa shape index (κ1) is 6.07. The predicted molar refractivity (Wildman–Crippen MR) is 36.9 cm³/mol. The first-order chi connectivity index (χ1) is 3.83. The van der Waals surface area contributed by atoms with Gasteiger partial charge in [-0.05, 0) is 18.9 Å². The minimum Gasteiger partial charge on any atom is -0.272 e. The highest BCUT2D eigenvalue weighted by molar-refractivity contribution is 7.98. The lowest BCUT2D eigenvalue weighted by Crippen LogP contribution is -1.76. The molecule has 0 saturated carbocycles. The fourth-order valence-electron chi connectivity index (χ4n) is 0.387. The molecule has 4 heteroatoms. The van der Waals surface area contributed by atoms with Crippen LogP contribution in [0.15, 0.2) is 9.72 Å². The quantitative estimate of drug-likeness (QED) is 0.609. The van der Waals surface area contributed by atoms with Gasteiger partial charge in [0, 0.05) is 11.1 Å². The van der Waals surface area contributed by atoms with E-state index in [1.54, 1.807) is 11.3 Å². The van der Waals surface area contributed by atoms with E-state index < -0.39 is 0 Å². The van der Waals surface area contributed by atoms with E-state index in [0.717, 1.165) is 10.0 Å². The van der Waals surface area contributed by atoms with Crippen LogP contribution < -0.4 is 5.14 Å². The Morgan fingerprint density at radius 3 is 2.88 bits per heavy atom. The summed E-state index contributed by atoms with van der Waals surface area (Å²) in [5, 5.41) is 7.21. The molecule has 0 amide bonds. The number of hydrogen-bond donors (Lipinski definition) is 1. The summed E-state index contributed by atoms with van der Waals surface area (Å²) < 4.78 is 0.933. The summed E-state index contributed by atoms with van der Waals surface area (Å²) in [5.41, 5.74) is 1.04. The number of nitrogens with zero attached hydrogens (tertiary/aromatic N) is 1. The van der Waals surface area contributed by atoms with Gasteiger partial charge in [0.2, 0.25) is 0 Å². The van der Waals surface area contributed by atoms with E-state index in [4.69, 9.17) is 5.14 Å². The Balaban J connectivity index is 2.84. The molecular formula is C4H6N2S2. The van der Waals surface area contributed by atoms with Crippen molar-refractivity contribution >= 4 is 23.3 Å². The Kier molecular flexibility index (Phi) is 1.88. The standard InChI is InChI=1S/C4H6N2S2/c1-3-2-7-4(6-3)8-5/h2H,5H2,1H3. The van der Waals surface area contributed by atoms with Gasteiger partial charge >= 0.3 is 0 Å². The van der Waals surface area contributed by atoms with Crippen molar-refractivity contribution < 1.29 is 0 Å². The summed E-state index contributed by atoms with van der Waals surface area (Å²) in [6.45, 7) is 1.95. The van der Waals surface area contributed by atoms with Gasteiger partial charge in [-0.1, -0.05) is 0 Å². The van der Waals surface area contributed by atoms with Crippen LogP contribution in [-0.2, 0) is 0 Å². The second-order valence-electron chi connectivity index (χ2n) is 1.37. The van der Waals surface area contributed by atoms with E-state index >= 15 is 0 Å². The predicted octanol–water partition coefficient (Wildman–Crippen LogP) is 1.42. The molecule has 0 aliphatic heterocycles. The summed E-state index contributed by atoms with van der Waals surface area (Å²) in [7, 11) is 0. The Bertz CT molecular complexity index is 172. The second kappa shape index (κ2) is 2.48. The van der Waals surface area contributed by atoms with Crippen molar-refractivity contribution in [2.75, 3.05) is 0 Å². The van der Waals surface area contributed by atoms with Crippen LogP contribution in [0.25, 0.3) is 0 Å². The van der Waals surface area contributed by atoms with Crippen molar-refractivity contribution in [2.24, 2.45) is 5.14 Å². The number of nitrogens with two attached hydrogens (primary N) is 1. The van der Waals surface area contributed by atoms with Gasteiger partial charge in [-0.3, -0.25) is 5.14 Å². The Morgan fingerprint density at radius 1 is 1.88 bits per heavy atom. The van der Waals surface area contributed by atoms with Crippen molar-refractivity contribution in [3.05, 3.63) is 11.1 Å². The van der Waals surface area contributed by atoms with E-state index in [2.05, 4.69) is 4.98 Å². The Morgan fingerprint density at radius 2 is 2.62 bits per heavy atom. The summed E-state index contributed by atoms with van der Waals surface area (Å²) >= 11 is 2.77. The third-order valence-corrected chi connectivity index (χ3v) is 2.32. The number of rotatable bonds is 1. The van der Waals surface area contributed by atoms with Gasteiger partial charge < -0.3 is 0 Å². The highest BCUT2D eigenvalue weighted by atomic mass is 32.2. The molecule has 2 nitrogen and oxygen atoms in total. The van der Waals surface area contributed by atoms with Gasteiger partial charge in [-0.25, -0.2) is 4.98 Å². The zero-order valence-electron chi connectivity index (χ0n) is 4.42. The lowest BCUT2D eigenvalue weighted by molar-refractivity contribution is 1.16. The monoisotopic (exact) mass is 146 g/mol. The van der Waals surface area contributed by atoms with Gasteiger partial charge in [0.1, 0.15) is 0 Å². The fraction of sp³-hybridized carbons (Fsp3) is 0.250. The molecule has 8 heavy (non-hydrogen) atoms. The summed E-state index contributed by atoms with van der Waals surface area (Å²) in [6.07, 6.45) is 0. The van der Waals surface area contributed by atoms with Crippen LogP contribution in [0.3, 0.4) is 0 Å². The first-order valence-electron chi connectivity index (χ1n) is 2.12. The number of aryl methyl sites for hydroxylation is 1. The van der Waals surface area contributed by atoms with E-state index in [1.165, 1.54) is 11.9 Å². The third-order valence-electron chi connectivity index (χ3n) is 0.699. The molecular weight excluding hydrogens is 140 g/mol. The van der Waals surface area contributed by atoms with Crippen molar-refractivity contribution in [1.82, 2.24) is 4.98 Å². The van der Waals surface area contributed by atoms with Crippen LogP contribution in [0, 0.1) is 6.92 Å². The molecule has 0 aliphatic rings. The maximum Gasteiger partial charge on any atom is 0.164 e.